The molecule has 2 aromatic carbocycles. The van der Waals surface area contributed by atoms with Crippen LogP contribution >= 0.6 is 0 Å². The molecule has 0 aliphatic rings. The van der Waals surface area contributed by atoms with Crippen molar-refractivity contribution in [3.05, 3.63) is 60.3 Å². The molecule has 0 radical (unpaired) electrons. The summed E-state index contributed by atoms with van der Waals surface area (Å²) < 4.78 is 28.6. The molecule has 1 aromatic heterocycles. The van der Waals surface area contributed by atoms with Gasteiger partial charge in [0.15, 0.2) is 5.78 Å². The van der Waals surface area contributed by atoms with Gasteiger partial charge in [-0.05, 0) is 62.6 Å². The van der Waals surface area contributed by atoms with Crippen molar-refractivity contribution < 1.29 is 13.2 Å². The molecule has 3 aromatic rings. The quantitative estimate of drug-likeness (QED) is 0.569. The number of rotatable bonds is 7. The number of carbonyl (C=O) groups excluding carboxylic acids is 1. The molecule has 148 valence electrons. The highest BCUT2D eigenvalue weighted by Crippen LogP contribution is 2.31. The molecule has 0 amide bonds. The van der Waals surface area contributed by atoms with Gasteiger partial charge < -0.3 is 4.98 Å². The van der Waals surface area contributed by atoms with E-state index < -0.39 is 10.0 Å². The van der Waals surface area contributed by atoms with Crippen LogP contribution in [0.4, 0.5) is 5.69 Å². The summed E-state index contributed by atoms with van der Waals surface area (Å²) in [5.74, 6) is 0.260. The number of nitrogens with one attached hydrogen (secondary N) is 1. The third-order valence-electron chi connectivity index (χ3n) is 4.82. The molecule has 0 aliphatic carbocycles. The van der Waals surface area contributed by atoms with Crippen molar-refractivity contribution in [2.45, 2.75) is 45.1 Å². The van der Waals surface area contributed by atoms with E-state index >= 15 is 0 Å². The molecule has 1 heterocycles. The van der Waals surface area contributed by atoms with Crippen LogP contribution in [-0.4, -0.2) is 25.2 Å². The van der Waals surface area contributed by atoms with Crippen molar-refractivity contribution in [2.24, 2.45) is 5.92 Å². The molecule has 0 unspecified atom stereocenters. The zero-order chi connectivity index (χ0) is 20.5. The van der Waals surface area contributed by atoms with Gasteiger partial charge in [0.2, 0.25) is 0 Å². The summed E-state index contributed by atoms with van der Waals surface area (Å²) in [5.41, 5.74) is 2.09. The molecular weight excluding hydrogens is 372 g/mol. The van der Waals surface area contributed by atoms with Crippen molar-refractivity contribution in [3.63, 3.8) is 0 Å². The predicted octanol–water partition coefficient (Wildman–Crippen LogP) is 5.00. The van der Waals surface area contributed by atoms with Crippen LogP contribution in [0.1, 0.15) is 44.5 Å². The van der Waals surface area contributed by atoms with Crippen LogP contribution in [0.5, 0.6) is 0 Å². The summed E-state index contributed by atoms with van der Waals surface area (Å²) in [4.78, 5) is 14.8. The zero-order valence-corrected chi connectivity index (χ0v) is 17.5. The Balaban J connectivity index is 2.09. The number of aromatic nitrogens is 1. The van der Waals surface area contributed by atoms with E-state index in [0.29, 0.717) is 17.2 Å². The van der Waals surface area contributed by atoms with Gasteiger partial charge in [0.1, 0.15) is 0 Å². The fourth-order valence-electron chi connectivity index (χ4n) is 3.56. The van der Waals surface area contributed by atoms with E-state index in [4.69, 9.17) is 0 Å². The lowest BCUT2D eigenvalue weighted by Crippen LogP contribution is -2.39. The van der Waals surface area contributed by atoms with Crippen LogP contribution in [0.25, 0.3) is 10.9 Å². The first-order chi connectivity index (χ1) is 13.2. The topological polar surface area (TPSA) is 70.2 Å². The highest BCUT2D eigenvalue weighted by atomic mass is 32.2. The Kier molecular flexibility index (Phi) is 5.61. The summed E-state index contributed by atoms with van der Waals surface area (Å²) in [5, 5.41) is 0.960. The second kappa shape index (κ2) is 7.80. The molecule has 1 atom stereocenters. The summed E-state index contributed by atoms with van der Waals surface area (Å²) in [6.07, 6.45) is 2.57. The molecule has 28 heavy (non-hydrogen) atoms. The average Bonchev–Trinajstić information content (AvgIpc) is 3.09. The van der Waals surface area contributed by atoms with Crippen LogP contribution < -0.4 is 4.31 Å². The summed E-state index contributed by atoms with van der Waals surface area (Å²) in [6, 6.07) is 13.5. The first kappa shape index (κ1) is 20.1. The zero-order valence-electron chi connectivity index (χ0n) is 16.6. The number of carbonyl (C=O) groups is 1. The highest BCUT2D eigenvalue weighted by Gasteiger charge is 2.30. The summed E-state index contributed by atoms with van der Waals surface area (Å²) >= 11 is 0. The van der Waals surface area contributed by atoms with E-state index in [-0.39, 0.29) is 16.7 Å². The number of benzene rings is 2. The van der Waals surface area contributed by atoms with Gasteiger partial charge in [-0.25, -0.2) is 8.42 Å². The third kappa shape index (κ3) is 3.97. The minimum absolute atomic E-state index is 0.0908. The Hall–Kier alpha value is -2.60. The van der Waals surface area contributed by atoms with Gasteiger partial charge in [-0.3, -0.25) is 9.10 Å². The van der Waals surface area contributed by atoms with Crippen molar-refractivity contribution in [3.8, 4) is 0 Å². The lowest BCUT2D eigenvalue weighted by molar-refractivity contribution is 0.101. The largest absolute Gasteiger partial charge is 0.361 e. The highest BCUT2D eigenvalue weighted by molar-refractivity contribution is 7.92. The molecular formula is C22H26N2O3S. The van der Waals surface area contributed by atoms with Gasteiger partial charge in [0.25, 0.3) is 10.0 Å². The van der Waals surface area contributed by atoms with Crippen molar-refractivity contribution in [1.29, 1.82) is 0 Å². The van der Waals surface area contributed by atoms with Gasteiger partial charge in [-0.15, -0.1) is 0 Å². The van der Waals surface area contributed by atoms with E-state index in [1.54, 1.807) is 12.1 Å². The second-order valence-electron chi connectivity index (χ2n) is 7.61. The molecule has 6 heteroatoms. The number of anilines is 1. The number of H-pyrrole nitrogens is 1. The third-order valence-corrected chi connectivity index (χ3v) is 6.78. The van der Waals surface area contributed by atoms with Crippen molar-refractivity contribution in [2.75, 3.05) is 4.31 Å². The number of ketones is 1. The Bertz CT molecular complexity index is 1080. The summed E-state index contributed by atoms with van der Waals surface area (Å²) in [7, 11) is -3.78. The molecule has 0 spiro atoms. The lowest BCUT2D eigenvalue weighted by Gasteiger charge is -2.31. The van der Waals surface area contributed by atoms with Crippen molar-refractivity contribution >= 4 is 32.4 Å². The van der Waals surface area contributed by atoms with Crippen LogP contribution in [0.15, 0.2) is 59.6 Å². The Morgan fingerprint density at radius 2 is 1.71 bits per heavy atom. The fraction of sp³-hybridized carbons (Fsp3) is 0.318. The maximum atomic E-state index is 13.5. The van der Waals surface area contributed by atoms with Gasteiger partial charge in [-0.1, -0.05) is 26.0 Å². The predicted molar refractivity (Wildman–Crippen MR) is 113 cm³/mol. The van der Waals surface area contributed by atoms with E-state index in [2.05, 4.69) is 18.8 Å². The first-order valence-corrected chi connectivity index (χ1v) is 10.9. The average molecular weight is 399 g/mol. The maximum absolute atomic E-state index is 13.5. The van der Waals surface area contributed by atoms with Crippen molar-refractivity contribution in [1.82, 2.24) is 4.98 Å². The van der Waals surface area contributed by atoms with Gasteiger partial charge in [0, 0.05) is 28.7 Å². The number of hydrogen-bond acceptors (Lipinski definition) is 3. The maximum Gasteiger partial charge on any atom is 0.264 e. The molecule has 0 bridgehead atoms. The smallest absolute Gasteiger partial charge is 0.264 e. The molecule has 0 saturated carbocycles. The second-order valence-corrected chi connectivity index (χ2v) is 9.42. The molecule has 0 saturated heterocycles. The minimum Gasteiger partial charge on any atom is -0.361 e. The fourth-order valence-corrected chi connectivity index (χ4v) is 5.22. The molecule has 3 rings (SSSR count). The number of Topliss-reactive ketones (excluding diaryl/α,β-unsaturated/α-hetero) is 1. The van der Waals surface area contributed by atoms with Crippen LogP contribution in [0.2, 0.25) is 0 Å². The van der Waals surface area contributed by atoms with E-state index in [9.17, 15) is 13.2 Å². The number of nitrogens with zero attached hydrogens (tertiary/aromatic N) is 1. The van der Waals surface area contributed by atoms with E-state index in [0.717, 1.165) is 17.3 Å². The normalized spacial score (nSPS) is 13.0. The minimum atomic E-state index is -3.78. The summed E-state index contributed by atoms with van der Waals surface area (Å²) in [6.45, 7) is 7.56. The van der Waals surface area contributed by atoms with Crippen LogP contribution in [0.3, 0.4) is 0 Å². The standard InChI is InChI=1S/C22H26N2O3S/c1-15(2)13-16(3)24(20-7-10-22-19(14-20)11-12-23-22)28(26,27)21-8-5-18(6-9-21)17(4)25/h5-12,14-16,23H,13H2,1-4H3/t16-/m0/s1. The van der Waals surface area contributed by atoms with Gasteiger partial charge in [0.05, 0.1) is 10.6 Å². The first-order valence-electron chi connectivity index (χ1n) is 9.42. The SMILES string of the molecule is CC(=O)c1ccc(S(=O)(=O)N(c2ccc3[nH]ccc3c2)[C@@H](C)CC(C)C)cc1. The number of sulfonamides is 1. The van der Waals surface area contributed by atoms with E-state index in [1.807, 2.05) is 37.4 Å². The van der Waals surface area contributed by atoms with Crippen LogP contribution in [-0.2, 0) is 10.0 Å². The van der Waals surface area contributed by atoms with Gasteiger partial charge in [-0.2, -0.15) is 0 Å². The number of hydrogen-bond donors (Lipinski definition) is 1. The van der Waals surface area contributed by atoms with Gasteiger partial charge >= 0.3 is 0 Å². The molecule has 0 fully saturated rings. The Morgan fingerprint density at radius 3 is 2.32 bits per heavy atom. The molecule has 5 nitrogen and oxygen atoms in total. The molecule has 0 aliphatic heterocycles. The monoisotopic (exact) mass is 398 g/mol. The van der Waals surface area contributed by atoms with Crippen LogP contribution in [0, 0.1) is 5.92 Å². The Morgan fingerprint density at radius 1 is 1.04 bits per heavy atom. The molecule has 1 N–H and O–H groups in total. The number of fused-ring (bicyclic) bond motifs is 1. The Labute approximate surface area is 166 Å². The lowest BCUT2D eigenvalue weighted by atomic mass is 10.0. The number of aromatic amines is 1. The van der Waals surface area contributed by atoms with E-state index in [1.165, 1.54) is 23.4 Å².